The third-order valence-corrected chi connectivity index (χ3v) is 3.33. The SMILES string of the molecule is COc1ccc(OC)c(C(=O)c2ccccc2CCN)c1. The van der Waals surface area contributed by atoms with Gasteiger partial charge in [0.25, 0.3) is 0 Å². The van der Waals surface area contributed by atoms with Gasteiger partial charge >= 0.3 is 0 Å². The maximum atomic E-state index is 12.8. The van der Waals surface area contributed by atoms with Gasteiger partial charge in [0.1, 0.15) is 11.5 Å². The van der Waals surface area contributed by atoms with Crippen LogP contribution in [-0.4, -0.2) is 26.5 Å². The molecule has 0 bridgehead atoms. The van der Waals surface area contributed by atoms with Gasteiger partial charge in [-0.15, -0.1) is 0 Å². The van der Waals surface area contributed by atoms with Gasteiger partial charge in [-0.2, -0.15) is 0 Å². The molecule has 0 aliphatic carbocycles. The van der Waals surface area contributed by atoms with Crippen molar-refractivity contribution in [3.05, 3.63) is 59.2 Å². The molecule has 0 aliphatic heterocycles. The molecule has 2 N–H and O–H groups in total. The number of carbonyl (C=O) groups is 1. The van der Waals surface area contributed by atoms with E-state index in [1.807, 2.05) is 24.3 Å². The van der Waals surface area contributed by atoms with Crippen LogP contribution in [-0.2, 0) is 6.42 Å². The number of ether oxygens (including phenoxy) is 2. The molecule has 0 amide bonds. The maximum absolute atomic E-state index is 12.8. The number of nitrogens with two attached hydrogens (primary N) is 1. The molecule has 0 saturated heterocycles. The Balaban J connectivity index is 2.49. The normalized spacial score (nSPS) is 10.2. The summed E-state index contributed by atoms with van der Waals surface area (Å²) in [5.74, 6) is 1.06. The maximum Gasteiger partial charge on any atom is 0.197 e. The van der Waals surface area contributed by atoms with Crippen LogP contribution in [0.1, 0.15) is 21.5 Å². The van der Waals surface area contributed by atoms with Crippen LogP contribution in [0.15, 0.2) is 42.5 Å². The summed E-state index contributed by atoms with van der Waals surface area (Å²) in [6.07, 6.45) is 0.661. The van der Waals surface area contributed by atoms with Crippen LogP contribution in [0.2, 0.25) is 0 Å². The van der Waals surface area contributed by atoms with Crippen molar-refractivity contribution in [3.63, 3.8) is 0 Å². The van der Waals surface area contributed by atoms with E-state index in [9.17, 15) is 4.79 Å². The lowest BCUT2D eigenvalue weighted by atomic mass is 9.96. The molecule has 110 valence electrons. The van der Waals surface area contributed by atoms with E-state index < -0.39 is 0 Å². The summed E-state index contributed by atoms with van der Waals surface area (Å²) in [4.78, 5) is 12.8. The zero-order valence-corrected chi connectivity index (χ0v) is 12.3. The van der Waals surface area contributed by atoms with Gasteiger partial charge in [0.2, 0.25) is 0 Å². The zero-order valence-electron chi connectivity index (χ0n) is 12.3. The topological polar surface area (TPSA) is 61.5 Å². The van der Waals surface area contributed by atoms with Crippen molar-refractivity contribution >= 4 is 5.78 Å². The fourth-order valence-corrected chi connectivity index (χ4v) is 2.25. The summed E-state index contributed by atoms with van der Waals surface area (Å²) in [5.41, 5.74) is 7.69. The quantitative estimate of drug-likeness (QED) is 0.828. The van der Waals surface area contributed by atoms with Crippen molar-refractivity contribution in [2.45, 2.75) is 6.42 Å². The Morgan fingerprint density at radius 3 is 2.48 bits per heavy atom. The second-order valence-corrected chi connectivity index (χ2v) is 4.59. The fraction of sp³-hybridized carbons (Fsp3) is 0.235. The first kappa shape index (κ1) is 15.1. The lowest BCUT2D eigenvalue weighted by Crippen LogP contribution is -2.11. The van der Waals surface area contributed by atoms with Gasteiger partial charge in [-0.05, 0) is 36.7 Å². The molecule has 2 aromatic carbocycles. The van der Waals surface area contributed by atoms with Gasteiger partial charge in [0.05, 0.1) is 19.8 Å². The Morgan fingerprint density at radius 2 is 1.81 bits per heavy atom. The summed E-state index contributed by atoms with van der Waals surface area (Å²) >= 11 is 0. The molecule has 0 unspecified atom stereocenters. The molecule has 4 heteroatoms. The molecular formula is C17H19NO3. The number of benzene rings is 2. The third-order valence-electron chi connectivity index (χ3n) is 3.33. The molecule has 0 spiro atoms. The number of carbonyl (C=O) groups excluding carboxylic acids is 1. The highest BCUT2D eigenvalue weighted by Crippen LogP contribution is 2.27. The van der Waals surface area contributed by atoms with E-state index in [1.165, 1.54) is 0 Å². The van der Waals surface area contributed by atoms with E-state index in [2.05, 4.69) is 0 Å². The number of methoxy groups -OCH3 is 2. The number of ketones is 1. The molecule has 0 atom stereocenters. The van der Waals surface area contributed by atoms with Crippen LogP contribution < -0.4 is 15.2 Å². The van der Waals surface area contributed by atoms with Crippen LogP contribution in [0.5, 0.6) is 11.5 Å². The molecule has 0 aliphatic rings. The average Bonchev–Trinajstić information content (AvgIpc) is 2.54. The smallest absolute Gasteiger partial charge is 0.197 e. The van der Waals surface area contributed by atoms with Gasteiger partial charge in [-0.3, -0.25) is 4.79 Å². The standard InChI is InChI=1S/C17H19NO3/c1-20-13-7-8-16(21-2)15(11-13)17(19)14-6-4-3-5-12(14)9-10-18/h3-8,11H,9-10,18H2,1-2H3. The van der Waals surface area contributed by atoms with Crippen LogP contribution in [0.3, 0.4) is 0 Å². The number of hydrogen-bond acceptors (Lipinski definition) is 4. The molecule has 21 heavy (non-hydrogen) atoms. The highest BCUT2D eigenvalue weighted by molar-refractivity contribution is 6.11. The van der Waals surface area contributed by atoms with Crippen LogP contribution >= 0.6 is 0 Å². The van der Waals surface area contributed by atoms with Gasteiger partial charge in [0, 0.05) is 5.56 Å². The van der Waals surface area contributed by atoms with Crippen molar-refractivity contribution in [1.82, 2.24) is 0 Å². The molecule has 4 nitrogen and oxygen atoms in total. The first-order valence-electron chi connectivity index (χ1n) is 6.76. The van der Waals surface area contributed by atoms with Crippen LogP contribution in [0.4, 0.5) is 0 Å². The van der Waals surface area contributed by atoms with Gasteiger partial charge in [-0.1, -0.05) is 24.3 Å². The Hall–Kier alpha value is -2.33. The highest BCUT2D eigenvalue weighted by Gasteiger charge is 2.18. The summed E-state index contributed by atoms with van der Waals surface area (Å²) in [6.45, 7) is 0.500. The zero-order chi connectivity index (χ0) is 15.2. The Labute approximate surface area is 124 Å². The summed E-state index contributed by atoms with van der Waals surface area (Å²) in [5, 5.41) is 0. The molecule has 0 radical (unpaired) electrons. The monoisotopic (exact) mass is 285 g/mol. The fourth-order valence-electron chi connectivity index (χ4n) is 2.25. The van der Waals surface area contributed by atoms with Gasteiger partial charge < -0.3 is 15.2 Å². The van der Waals surface area contributed by atoms with Crippen LogP contribution in [0, 0.1) is 0 Å². The molecule has 0 heterocycles. The van der Waals surface area contributed by atoms with Crippen molar-refractivity contribution in [1.29, 1.82) is 0 Å². The van der Waals surface area contributed by atoms with E-state index in [4.69, 9.17) is 15.2 Å². The van der Waals surface area contributed by atoms with E-state index in [0.29, 0.717) is 35.6 Å². The summed E-state index contributed by atoms with van der Waals surface area (Å²) < 4.78 is 10.5. The van der Waals surface area contributed by atoms with Crippen molar-refractivity contribution in [2.75, 3.05) is 20.8 Å². The number of hydrogen-bond donors (Lipinski definition) is 1. The second kappa shape index (κ2) is 6.90. The Bertz CT molecular complexity index is 638. The molecular weight excluding hydrogens is 266 g/mol. The Kier molecular flexibility index (Phi) is 4.95. The largest absolute Gasteiger partial charge is 0.497 e. The van der Waals surface area contributed by atoms with Crippen molar-refractivity contribution in [2.24, 2.45) is 5.73 Å². The van der Waals surface area contributed by atoms with Gasteiger partial charge in [0.15, 0.2) is 5.78 Å². The van der Waals surface area contributed by atoms with E-state index in [0.717, 1.165) is 5.56 Å². The molecule has 0 fully saturated rings. The second-order valence-electron chi connectivity index (χ2n) is 4.59. The molecule has 0 saturated carbocycles. The lowest BCUT2D eigenvalue weighted by molar-refractivity contribution is 0.103. The minimum absolute atomic E-state index is 0.0881. The molecule has 0 aromatic heterocycles. The van der Waals surface area contributed by atoms with Crippen molar-refractivity contribution in [3.8, 4) is 11.5 Å². The van der Waals surface area contributed by atoms with E-state index in [1.54, 1.807) is 32.4 Å². The minimum Gasteiger partial charge on any atom is -0.497 e. The van der Waals surface area contributed by atoms with Crippen molar-refractivity contribution < 1.29 is 14.3 Å². The van der Waals surface area contributed by atoms with Gasteiger partial charge in [-0.25, -0.2) is 0 Å². The summed E-state index contributed by atoms with van der Waals surface area (Å²) in [7, 11) is 3.11. The third kappa shape index (κ3) is 3.23. The lowest BCUT2D eigenvalue weighted by Gasteiger charge is -2.12. The first-order valence-corrected chi connectivity index (χ1v) is 6.76. The first-order chi connectivity index (χ1) is 10.2. The Morgan fingerprint density at radius 1 is 1.05 bits per heavy atom. The molecule has 2 aromatic rings. The predicted molar refractivity (Wildman–Crippen MR) is 82.2 cm³/mol. The highest BCUT2D eigenvalue weighted by atomic mass is 16.5. The number of rotatable bonds is 6. The molecule has 2 rings (SSSR count). The van der Waals surface area contributed by atoms with E-state index in [-0.39, 0.29) is 5.78 Å². The van der Waals surface area contributed by atoms with Crippen LogP contribution in [0.25, 0.3) is 0 Å². The predicted octanol–water partition coefficient (Wildman–Crippen LogP) is 2.44. The average molecular weight is 285 g/mol. The van der Waals surface area contributed by atoms with E-state index >= 15 is 0 Å². The summed E-state index contributed by atoms with van der Waals surface area (Å²) in [6, 6.07) is 12.7. The minimum atomic E-state index is -0.0881.